The molecule has 4 rings (SSSR count). The van der Waals surface area contributed by atoms with Crippen LogP contribution in [0.5, 0.6) is 0 Å². The molecule has 108 valence electrons. The highest BCUT2D eigenvalue weighted by Crippen LogP contribution is 2.32. The summed E-state index contributed by atoms with van der Waals surface area (Å²) < 4.78 is 1.72. The Balaban J connectivity index is 1.84. The topological polar surface area (TPSA) is 72.3 Å². The van der Waals surface area contributed by atoms with E-state index in [1.165, 1.54) is 5.56 Å². The molecule has 6 nitrogen and oxygen atoms in total. The molecule has 0 amide bonds. The zero-order valence-corrected chi connectivity index (χ0v) is 12.6. The SMILES string of the molecule is Cc1ccc(-n2nnnc2-c2cn[nH]c2-c2cccs2)cc1. The Bertz CT molecular complexity index is 888. The summed E-state index contributed by atoms with van der Waals surface area (Å²) in [5, 5.41) is 21.3. The summed E-state index contributed by atoms with van der Waals surface area (Å²) in [6.45, 7) is 2.05. The van der Waals surface area contributed by atoms with Crippen molar-refractivity contribution < 1.29 is 0 Å². The standard InChI is InChI=1S/C15H12N6S/c1-10-4-6-11(7-5-10)21-15(18-19-20-21)12-9-16-17-14(12)13-3-2-8-22-13/h2-9H,1H3,(H,16,17). The number of aryl methyl sites for hydroxylation is 1. The average molecular weight is 308 g/mol. The Morgan fingerprint density at radius 2 is 2.00 bits per heavy atom. The summed E-state index contributed by atoms with van der Waals surface area (Å²) in [5.41, 5.74) is 3.93. The number of H-pyrrole nitrogens is 1. The third kappa shape index (κ3) is 2.11. The number of nitrogens with zero attached hydrogens (tertiary/aromatic N) is 5. The molecule has 1 aromatic carbocycles. The Kier molecular flexibility index (Phi) is 3.05. The second kappa shape index (κ2) is 5.19. The summed E-state index contributed by atoms with van der Waals surface area (Å²) in [7, 11) is 0. The number of thiophene rings is 1. The summed E-state index contributed by atoms with van der Waals surface area (Å²) >= 11 is 1.65. The molecule has 0 saturated carbocycles. The molecule has 3 aromatic heterocycles. The lowest BCUT2D eigenvalue weighted by Crippen LogP contribution is -1.99. The van der Waals surface area contributed by atoms with Crippen molar-refractivity contribution in [2.24, 2.45) is 0 Å². The molecular formula is C15H12N6S. The van der Waals surface area contributed by atoms with Gasteiger partial charge in [-0.2, -0.15) is 9.78 Å². The maximum Gasteiger partial charge on any atom is 0.190 e. The highest BCUT2D eigenvalue weighted by Gasteiger charge is 2.17. The van der Waals surface area contributed by atoms with Crippen LogP contribution >= 0.6 is 11.3 Å². The molecule has 4 aromatic rings. The van der Waals surface area contributed by atoms with Crippen molar-refractivity contribution in [1.82, 2.24) is 30.4 Å². The van der Waals surface area contributed by atoms with Crippen molar-refractivity contribution in [3.05, 3.63) is 53.5 Å². The molecule has 0 aliphatic rings. The van der Waals surface area contributed by atoms with Gasteiger partial charge in [-0.25, -0.2) is 0 Å². The van der Waals surface area contributed by atoms with Gasteiger partial charge in [0, 0.05) is 0 Å². The highest BCUT2D eigenvalue weighted by molar-refractivity contribution is 7.13. The van der Waals surface area contributed by atoms with E-state index in [1.54, 1.807) is 22.2 Å². The van der Waals surface area contributed by atoms with E-state index in [1.807, 2.05) is 41.8 Å². The van der Waals surface area contributed by atoms with Gasteiger partial charge in [0.25, 0.3) is 0 Å². The zero-order chi connectivity index (χ0) is 14.9. The van der Waals surface area contributed by atoms with E-state index >= 15 is 0 Å². The van der Waals surface area contributed by atoms with E-state index in [9.17, 15) is 0 Å². The van der Waals surface area contributed by atoms with Crippen LogP contribution < -0.4 is 0 Å². The number of nitrogens with one attached hydrogen (secondary N) is 1. The van der Waals surface area contributed by atoms with Crippen LogP contribution in [0.1, 0.15) is 5.56 Å². The summed E-state index contributed by atoms with van der Waals surface area (Å²) in [6, 6.07) is 12.1. The Labute approximate surface area is 130 Å². The number of tetrazole rings is 1. The lowest BCUT2D eigenvalue weighted by atomic mass is 10.2. The van der Waals surface area contributed by atoms with Crippen molar-refractivity contribution in [2.45, 2.75) is 6.92 Å². The predicted octanol–water partition coefficient (Wildman–Crippen LogP) is 3.09. The average Bonchev–Trinajstić information content (AvgIpc) is 3.27. The number of benzene rings is 1. The normalized spacial score (nSPS) is 11.0. The van der Waals surface area contributed by atoms with Gasteiger partial charge in [0.15, 0.2) is 5.82 Å². The fraction of sp³-hybridized carbons (Fsp3) is 0.0667. The monoisotopic (exact) mass is 308 g/mol. The van der Waals surface area contributed by atoms with Crippen LogP contribution in [0.3, 0.4) is 0 Å². The van der Waals surface area contributed by atoms with Gasteiger partial charge in [0.2, 0.25) is 0 Å². The van der Waals surface area contributed by atoms with Crippen molar-refractivity contribution in [2.75, 3.05) is 0 Å². The van der Waals surface area contributed by atoms with Gasteiger partial charge in [-0.3, -0.25) is 5.10 Å². The number of hydrogen-bond acceptors (Lipinski definition) is 5. The summed E-state index contributed by atoms with van der Waals surface area (Å²) in [4.78, 5) is 1.10. The van der Waals surface area contributed by atoms with Crippen LogP contribution in [-0.4, -0.2) is 30.4 Å². The number of rotatable bonds is 3. The van der Waals surface area contributed by atoms with Crippen LogP contribution in [-0.2, 0) is 0 Å². The summed E-state index contributed by atoms with van der Waals surface area (Å²) in [5.74, 6) is 0.668. The van der Waals surface area contributed by atoms with Crippen LogP contribution in [0.4, 0.5) is 0 Å². The van der Waals surface area contributed by atoms with Gasteiger partial charge in [0.05, 0.1) is 28.0 Å². The molecule has 0 aliphatic carbocycles. The van der Waals surface area contributed by atoms with Gasteiger partial charge >= 0.3 is 0 Å². The first-order valence-corrected chi connectivity index (χ1v) is 7.64. The van der Waals surface area contributed by atoms with E-state index < -0.39 is 0 Å². The van der Waals surface area contributed by atoms with E-state index in [4.69, 9.17) is 0 Å². The molecule has 0 unspecified atom stereocenters. The molecular weight excluding hydrogens is 296 g/mol. The van der Waals surface area contributed by atoms with Gasteiger partial charge in [-0.05, 0) is 40.9 Å². The molecule has 0 atom stereocenters. The third-order valence-electron chi connectivity index (χ3n) is 3.40. The molecule has 0 radical (unpaired) electrons. The fourth-order valence-electron chi connectivity index (χ4n) is 2.28. The molecule has 0 aliphatic heterocycles. The van der Waals surface area contributed by atoms with Crippen LogP contribution in [0.15, 0.2) is 48.0 Å². The smallest absolute Gasteiger partial charge is 0.190 e. The lowest BCUT2D eigenvalue weighted by Gasteiger charge is -2.05. The minimum Gasteiger partial charge on any atom is -0.276 e. The number of aromatic amines is 1. The van der Waals surface area contributed by atoms with Crippen molar-refractivity contribution in [3.8, 4) is 27.6 Å². The Hall–Kier alpha value is -2.80. The first-order valence-electron chi connectivity index (χ1n) is 6.76. The molecule has 3 heterocycles. The van der Waals surface area contributed by atoms with E-state index in [2.05, 4.69) is 32.6 Å². The van der Waals surface area contributed by atoms with Crippen molar-refractivity contribution >= 4 is 11.3 Å². The minimum absolute atomic E-state index is 0.668. The van der Waals surface area contributed by atoms with Gasteiger partial charge < -0.3 is 0 Å². The van der Waals surface area contributed by atoms with E-state index in [0.717, 1.165) is 21.8 Å². The molecule has 0 bridgehead atoms. The van der Waals surface area contributed by atoms with Crippen LogP contribution in [0, 0.1) is 6.92 Å². The van der Waals surface area contributed by atoms with Crippen molar-refractivity contribution in [1.29, 1.82) is 0 Å². The first kappa shape index (κ1) is 12.9. The van der Waals surface area contributed by atoms with E-state index in [0.29, 0.717) is 5.82 Å². The van der Waals surface area contributed by atoms with Crippen LogP contribution in [0.2, 0.25) is 0 Å². The summed E-state index contributed by atoms with van der Waals surface area (Å²) in [6.07, 6.45) is 1.76. The van der Waals surface area contributed by atoms with Gasteiger partial charge in [-0.1, -0.05) is 23.8 Å². The molecule has 0 fully saturated rings. The Morgan fingerprint density at radius 3 is 2.77 bits per heavy atom. The number of aromatic nitrogens is 6. The molecule has 0 spiro atoms. The fourth-order valence-corrected chi connectivity index (χ4v) is 3.01. The van der Waals surface area contributed by atoms with Gasteiger partial charge in [0.1, 0.15) is 0 Å². The van der Waals surface area contributed by atoms with Crippen LogP contribution in [0.25, 0.3) is 27.6 Å². The van der Waals surface area contributed by atoms with Gasteiger partial charge in [-0.15, -0.1) is 16.4 Å². The first-order chi connectivity index (χ1) is 10.8. The Morgan fingerprint density at radius 1 is 1.14 bits per heavy atom. The second-order valence-corrected chi connectivity index (χ2v) is 5.83. The zero-order valence-electron chi connectivity index (χ0n) is 11.8. The molecule has 22 heavy (non-hydrogen) atoms. The maximum atomic E-state index is 4.17. The molecule has 1 N–H and O–H groups in total. The molecule has 0 saturated heterocycles. The van der Waals surface area contributed by atoms with E-state index in [-0.39, 0.29) is 0 Å². The number of hydrogen-bond donors (Lipinski definition) is 1. The molecule has 7 heteroatoms. The lowest BCUT2D eigenvalue weighted by molar-refractivity contribution is 0.791. The third-order valence-corrected chi connectivity index (χ3v) is 4.28. The van der Waals surface area contributed by atoms with Crippen molar-refractivity contribution in [3.63, 3.8) is 0 Å². The highest BCUT2D eigenvalue weighted by atomic mass is 32.1. The quantitative estimate of drug-likeness (QED) is 0.631. The largest absolute Gasteiger partial charge is 0.276 e. The second-order valence-electron chi connectivity index (χ2n) is 4.89. The minimum atomic E-state index is 0.668. The maximum absolute atomic E-state index is 4.17. The predicted molar refractivity (Wildman–Crippen MR) is 84.8 cm³/mol.